The summed E-state index contributed by atoms with van der Waals surface area (Å²) < 4.78 is 5.27. The molecule has 1 aliphatic heterocycles. The molecule has 0 spiro atoms. The number of carbonyl (C=O) groups is 1. The van der Waals surface area contributed by atoms with Crippen molar-refractivity contribution in [3.63, 3.8) is 0 Å². The van der Waals surface area contributed by atoms with Crippen molar-refractivity contribution in [3.05, 3.63) is 0 Å². The lowest BCUT2D eigenvalue weighted by molar-refractivity contribution is -0.149. The lowest BCUT2D eigenvalue weighted by Crippen LogP contribution is -2.27. The van der Waals surface area contributed by atoms with Crippen LogP contribution in [0, 0.1) is 0 Å². The van der Waals surface area contributed by atoms with Gasteiger partial charge >= 0.3 is 5.97 Å². The molecule has 1 unspecified atom stereocenters. The van der Waals surface area contributed by atoms with Crippen LogP contribution in [0.4, 0.5) is 0 Å². The van der Waals surface area contributed by atoms with Crippen LogP contribution in [0.15, 0.2) is 0 Å². The molecule has 1 saturated heterocycles. The second kappa shape index (κ2) is 7.69. The minimum absolute atomic E-state index is 0.00635. The highest BCUT2D eigenvalue weighted by Gasteiger charge is 2.17. The van der Waals surface area contributed by atoms with Crippen molar-refractivity contribution in [2.24, 2.45) is 0 Å². The number of hydrogen-bond donors (Lipinski definition) is 1. The largest absolute Gasteiger partial charge is 0.447 e. The van der Waals surface area contributed by atoms with Gasteiger partial charge in [-0.1, -0.05) is 32.6 Å². The molecule has 1 N–H and O–H groups in total. The Morgan fingerprint density at radius 1 is 1.33 bits per heavy atom. The number of carbonyl (C=O) groups excluding carboxylic acids is 1. The lowest BCUT2D eigenvalue weighted by Gasteiger charge is -2.11. The van der Waals surface area contributed by atoms with Gasteiger partial charge in [0.15, 0.2) is 6.23 Å². The highest BCUT2D eigenvalue weighted by molar-refractivity contribution is 5.69. The molecule has 1 aliphatic rings. The van der Waals surface area contributed by atoms with Crippen molar-refractivity contribution < 1.29 is 9.53 Å². The number of hydrogen-bond acceptors (Lipinski definition) is 3. The Morgan fingerprint density at radius 2 is 2.13 bits per heavy atom. The highest BCUT2D eigenvalue weighted by Crippen LogP contribution is 2.10. The van der Waals surface area contributed by atoms with E-state index in [0.717, 1.165) is 32.2 Å². The summed E-state index contributed by atoms with van der Waals surface area (Å²) in [5, 5.41) is 3.16. The summed E-state index contributed by atoms with van der Waals surface area (Å²) >= 11 is 0. The third-order valence-electron chi connectivity index (χ3n) is 2.77. The molecule has 0 radical (unpaired) electrons. The summed E-state index contributed by atoms with van der Waals surface area (Å²) in [5.74, 6) is -0.0362. The topological polar surface area (TPSA) is 38.3 Å². The number of ether oxygens (including phenoxy) is 1. The van der Waals surface area contributed by atoms with Crippen molar-refractivity contribution in [2.75, 3.05) is 6.54 Å². The number of nitrogens with one attached hydrogen (secondary N) is 1. The zero-order valence-electron chi connectivity index (χ0n) is 9.76. The SMILES string of the molecule is CCCCCCCC(=O)OC1CCCN1. The summed E-state index contributed by atoms with van der Waals surface area (Å²) in [6.45, 7) is 3.18. The molecule has 3 nitrogen and oxygen atoms in total. The van der Waals surface area contributed by atoms with Gasteiger partial charge in [0.2, 0.25) is 0 Å². The van der Waals surface area contributed by atoms with Gasteiger partial charge in [0, 0.05) is 6.42 Å². The minimum atomic E-state index is -0.0362. The predicted octanol–water partition coefficient (Wildman–Crippen LogP) is 2.60. The van der Waals surface area contributed by atoms with Crippen LogP contribution in [0.5, 0.6) is 0 Å². The third-order valence-corrected chi connectivity index (χ3v) is 2.77. The lowest BCUT2D eigenvalue weighted by atomic mass is 10.1. The van der Waals surface area contributed by atoms with E-state index in [-0.39, 0.29) is 12.2 Å². The second-order valence-corrected chi connectivity index (χ2v) is 4.24. The van der Waals surface area contributed by atoms with Gasteiger partial charge in [0.1, 0.15) is 0 Å². The fourth-order valence-corrected chi connectivity index (χ4v) is 1.84. The van der Waals surface area contributed by atoms with E-state index < -0.39 is 0 Å². The summed E-state index contributed by atoms with van der Waals surface area (Å²) in [5.41, 5.74) is 0. The Bertz CT molecular complexity index is 176. The molecule has 3 heteroatoms. The smallest absolute Gasteiger partial charge is 0.307 e. The zero-order chi connectivity index (χ0) is 10.9. The van der Waals surface area contributed by atoms with Crippen LogP contribution in [0.25, 0.3) is 0 Å². The molecule has 1 rings (SSSR count). The Hall–Kier alpha value is -0.570. The van der Waals surface area contributed by atoms with E-state index in [4.69, 9.17) is 4.74 Å². The first-order chi connectivity index (χ1) is 7.33. The van der Waals surface area contributed by atoms with E-state index in [1.807, 2.05) is 0 Å². The van der Waals surface area contributed by atoms with Crippen molar-refractivity contribution in [1.29, 1.82) is 0 Å². The molecule has 0 aromatic heterocycles. The maximum absolute atomic E-state index is 11.4. The number of rotatable bonds is 7. The van der Waals surface area contributed by atoms with Gasteiger partial charge in [0.05, 0.1) is 0 Å². The number of unbranched alkanes of at least 4 members (excludes halogenated alkanes) is 4. The average Bonchev–Trinajstić information content (AvgIpc) is 2.70. The Morgan fingerprint density at radius 3 is 2.80 bits per heavy atom. The summed E-state index contributed by atoms with van der Waals surface area (Å²) in [6.07, 6.45) is 8.57. The quantitative estimate of drug-likeness (QED) is 0.522. The van der Waals surface area contributed by atoms with E-state index in [0.29, 0.717) is 6.42 Å². The van der Waals surface area contributed by atoms with Crippen LogP contribution >= 0.6 is 0 Å². The van der Waals surface area contributed by atoms with E-state index in [2.05, 4.69) is 12.2 Å². The zero-order valence-corrected chi connectivity index (χ0v) is 9.76. The van der Waals surface area contributed by atoms with Crippen molar-refractivity contribution >= 4 is 5.97 Å². The maximum Gasteiger partial charge on any atom is 0.307 e. The van der Waals surface area contributed by atoms with Gasteiger partial charge < -0.3 is 4.74 Å². The van der Waals surface area contributed by atoms with Crippen molar-refractivity contribution in [3.8, 4) is 0 Å². The van der Waals surface area contributed by atoms with Gasteiger partial charge in [-0.2, -0.15) is 0 Å². The Balaban J connectivity index is 1.93. The molecule has 88 valence electrons. The highest BCUT2D eigenvalue weighted by atomic mass is 16.6. The fourth-order valence-electron chi connectivity index (χ4n) is 1.84. The van der Waals surface area contributed by atoms with E-state index in [1.54, 1.807) is 0 Å². The third kappa shape index (κ3) is 5.78. The first-order valence-corrected chi connectivity index (χ1v) is 6.26. The molecule has 0 aromatic rings. The molecule has 1 atom stereocenters. The molecule has 0 saturated carbocycles. The Kier molecular flexibility index (Phi) is 6.41. The van der Waals surface area contributed by atoms with Gasteiger partial charge in [-0.15, -0.1) is 0 Å². The van der Waals surface area contributed by atoms with Crippen molar-refractivity contribution in [1.82, 2.24) is 5.32 Å². The number of esters is 1. The Labute approximate surface area is 92.6 Å². The molecule has 15 heavy (non-hydrogen) atoms. The molecule has 0 aliphatic carbocycles. The van der Waals surface area contributed by atoms with Crippen LogP contribution in [-0.2, 0) is 9.53 Å². The molecular weight excluding hydrogens is 190 g/mol. The molecular formula is C12H23NO2. The molecule has 0 amide bonds. The summed E-state index contributed by atoms with van der Waals surface area (Å²) in [6, 6.07) is 0. The normalized spacial score (nSPS) is 20.5. The van der Waals surface area contributed by atoms with Crippen molar-refractivity contribution in [2.45, 2.75) is 64.5 Å². The van der Waals surface area contributed by atoms with Crippen LogP contribution in [0.2, 0.25) is 0 Å². The molecule has 0 aromatic carbocycles. The molecule has 1 fully saturated rings. The predicted molar refractivity (Wildman–Crippen MR) is 60.5 cm³/mol. The van der Waals surface area contributed by atoms with Crippen LogP contribution in [-0.4, -0.2) is 18.7 Å². The maximum atomic E-state index is 11.4. The van der Waals surface area contributed by atoms with Gasteiger partial charge in [0.25, 0.3) is 0 Å². The van der Waals surface area contributed by atoms with Gasteiger partial charge in [-0.05, 0) is 25.8 Å². The van der Waals surface area contributed by atoms with Crippen LogP contribution < -0.4 is 5.32 Å². The van der Waals surface area contributed by atoms with E-state index >= 15 is 0 Å². The average molecular weight is 213 g/mol. The van der Waals surface area contributed by atoms with Gasteiger partial charge in [-0.3, -0.25) is 10.1 Å². The van der Waals surface area contributed by atoms with Crippen LogP contribution in [0.3, 0.4) is 0 Å². The monoisotopic (exact) mass is 213 g/mol. The van der Waals surface area contributed by atoms with E-state index in [9.17, 15) is 4.79 Å². The van der Waals surface area contributed by atoms with Gasteiger partial charge in [-0.25, -0.2) is 0 Å². The second-order valence-electron chi connectivity index (χ2n) is 4.24. The minimum Gasteiger partial charge on any atom is -0.447 e. The van der Waals surface area contributed by atoms with Crippen LogP contribution in [0.1, 0.15) is 58.3 Å². The fraction of sp³-hybridized carbons (Fsp3) is 0.917. The summed E-state index contributed by atoms with van der Waals surface area (Å²) in [4.78, 5) is 11.4. The summed E-state index contributed by atoms with van der Waals surface area (Å²) in [7, 11) is 0. The first-order valence-electron chi connectivity index (χ1n) is 6.26. The first kappa shape index (κ1) is 12.5. The van der Waals surface area contributed by atoms with E-state index in [1.165, 1.54) is 19.3 Å². The molecule has 1 heterocycles. The molecule has 0 bridgehead atoms. The standard InChI is InChI=1S/C12H23NO2/c1-2-3-4-5-6-9-12(14)15-11-8-7-10-13-11/h11,13H,2-10H2,1H3.